The van der Waals surface area contributed by atoms with Gasteiger partial charge in [-0.3, -0.25) is 9.80 Å². The molecule has 4 aliphatic heterocycles. The number of anilines is 6. The number of furan rings is 2. The molecular weight excluding hydrogens is 771 g/mol. The standard InChI is InChI=1S/C53H55BN2O6/c1-27(2)32-23-37-45-38(24-32)56(47-29(4)22-42-49(31(47)6)60-20-18-58-42)51-44(36-26-34(53(10,11)12)14-16-40(36)62-51)54(45)43-35-25-33(52(7,8)9)13-15-39(35)61-50(43)55(37)46-28(3)21-41-48(30(46)5)59-19-17-57-41/h13-16,21-27H,17-20H2,1-12H3. The van der Waals surface area contributed by atoms with E-state index in [0.29, 0.717) is 26.4 Å². The second-order valence-electron chi connectivity index (χ2n) is 20.2. The van der Waals surface area contributed by atoms with Crippen LogP contribution in [0.5, 0.6) is 23.0 Å². The lowest BCUT2D eigenvalue weighted by Gasteiger charge is -2.42. The Hall–Kier alpha value is -5.96. The first-order chi connectivity index (χ1) is 29.5. The average Bonchev–Trinajstić information content (AvgIpc) is 3.80. The summed E-state index contributed by atoms with van der Waals surface area (Å²) >= 11 is 0. The summed E-state index contributed by atoms with van der Waals surface area (Å²) in [5, 5.41) is 2.21. The monoisotopic (exact) mass is 826 g/mol. The van der Waals surface area contributed by atoms with Crippen molar-refractivity contribution in [2.24, 2.45) is 0 Å². The van der Waals surface area contributed by atoms with Crippen molar-refractivity contribution >= 4 is 79.6 Å². The van der Waals surface area contributed by atoms with Gasteiger partial charge < -0.3 is 27.8 Å². The second-order valence-corrected chi connectivity index (χ2v) is 20.2. The van der Waals surface area contributed by atoms with Gasteiger partial charge in [-0.05, 0) is 126 Å². The molecule has 9 heteroatoms. The van der Waals surface area contributed by atoms with E-state index in [1.165, 1.54) is 22.2 Å². The molecule has 0 unspecified atom stereocenters. The van der Waals surface area contributed by atoms with E-state index >= 15 is 0 Å². The first kappa shape index (κ1) is 38.9. The molecule has 8 nitrogen and oxygen atoms in total. The maximum absolute atomic E-state index is 7.31. The molecule has 2 aromatic heterocycles. The van der Waals surface area contributed by atoms with Crippen molar-refractivity contribution in [3.63, 3.8) is 0 Å². The molecule has 0 N–H and O–H groups in total. The fraction of sp³-hybridized carbons (Fsp3) is 0.358. The molecule has 0 bridgehead atoms. The first-order valence-electron chi connectivity index (χ1n) is 22.2. The molecule has 0 atom stereocenters. The summed E-state index contributed by atoms with van der Waals surface area (Å²) in [5.74, 6) is 4.95. The second kappa shape index (κ2) is 13.3. The number of hydrogen-bond donors (Lipinski definition) is 0. The topological polar surface area (TPSA) is 69.7 Å². The van der Waals surface area contributed by atoms with Crippen molar-refractivity contribution in [2.75, 3.05) is 36.2 Å². The van der Waals surface area contributed by atoms with E-state index in [1.54, 1.807) is 0 Å². The van der Waals surface area contributed by atoms with E-state index in [0.717, 1.165) is 113 Å². The Morgan fingerprint density at radius 2 is 0.952 bits per heavy atom. The fourth-order valence-corrected chi connectivity index (χ4v) is 10.5. The minimum absolute atomic E-state index is 0.0866. The Bertz CT molecular complexity index is 2850. The molecule has 0 amide bonds. The Balaban J connectivity index is 1.33. The molecule has 4 aliphatic rings. The highest BCUT2D eigenvalue weighted by molar-refractivity contribution is 7.02. The summed E-state index contributed by atoms with van der Waals surface area (Å²) in [6.07, 6.45) is 0. The molecule has 0 spiro atoms. The fourth-order valence-electron chi connectivity index (χ4n) is 10.5. The van der Waals surface area contributed by atoms with Crippen molar-refractivity contribution < 1.29 is 27.8 Å². The molecular formula is C53H55BN2O6. The predicted molar refractivity (Wildman–Crippen MR) is 252 cm³/mol. The van der Waals surface area contributed by atoms with Crippen LogP contribution >= 0.6 is 0 Å². The molecule has 5 aromatic carbocycles. The summed E-state index contributed by atoms with van der Waals surface area (Å²) in [5.41, 5.74) is 17.1. The summed E-state index contributed by atoms with van der Waals surface area (Å²) < 4.78 is 39.8. The van der Waals surface area contributed by atoms with E-state index in [9.17, 15) is 0 Å². The van der Waals surface area contributed by atoms with Crippen LogP contribution in [0.25, 0.3) is 21.9 Å². The summed E-state index contributed by atoms with van der Waals surface area (Å²) in [6.45, 7) is 28.7. The Morgan fingerprint density at radius 1 is 0.532 bits per heavy atom. The quantitative estimate of drug-likeness (QED) is 0.163. The Kier molecular flexibility index (Phi) is 8.34. The van der Waals surface area contributed by atoms with Crippen molar-refractivity contribution in [3.8, 4) is 23.0 Å². The maximum Gasteiger partial charge on any atom is 0.262 e. The minimum Gasteiger partial charge on any atom is -0.486 e. The maximum atomic E-state index is 7.31. The smallest absolute Gasteiger partial charge is 0.262 e. The molecule has 62 heavy (non-hydrogen) atoms. The number of nitrogens with zero attached hydrogens (tertiary/aromatic N) is 2. The zero-order chi connectivity index (χ0) is 43.3. The van der Waals surface area contributed by atoms with Gasteiger partial charge in [0, 0.05) is 44.2 Å². The minimum atomic E-state index is -0.234. The number of aryl methyl sites for hydroxylation is 2. The van der Waals surface area contributed by atoms with Gasteiger partial charge in [0.25, 0.3) is 6.71 Å². The summed E-state index contributed by atoms with van der Waals surface area (Å²) in [7, 11) is 0. The molecule has 0 saturated carbocycles. The van der Waals surface area contributed by atoms with Gasteiger partial charge in [0.15, 0.2) is 23.0 Å². The highest BCUT2D eigenvalue weighted by Gasteiger charge is 2.50. The molecule has 316 valence electrons. The molecule has 7 aromatic rings. The SMILES string of the molecule is Cc1cc2c(c(C)c1N1c3cc(C(C)C)cc4c3B(c3c1oc1ccc(C(C)(C)C)cc31)c1c(oc3ccc(C(C)(C)C)cc13)N4c1c(C)cc3c(c1C)OCCO3)OCCO2. The largest absolute Gasteiger partial charge is 0.486 e. The summed E-state index contributed by atoms with van der Waals surface area (Å²) in [4.78, 5) is 4.79. The van der Waals surface area contributed by atoms with Crippen LogP contribution in [0, 0.1) is 27.7 Å². The van der Waals surface area contributed by atoms with Crippen molar-refractivity contribution in [1.82, 2.24) is 0 Å². The number of hydrogen-bond acceptors (Lipinski definition) is 8. The van der Waals surface area contributed by atoms with E-state index in [-0.39, 0.29) is 23.5 Å². The predicted octanol–water partition coefficient (Wildman–Crippen LogP) is 11.8. The van der Waals surface area contributed by atoms with Crippen LogP contribution in [0.1, 0.15) is 100 Å². The van der Waals surface area contributed by atoms with Crippen molar-refractivity contribution in [2.45, 2.75) is 99.8 Å². The molecule has 6 heterocycles. The van der Waals surface area contributed by atoms with Crippen LogP contribution in [0.2, 0.25) is 0 Å². The van der Waals surface area contributed by atoms with Crippen molar-refractivity contribution in [3.05, 3.63) is 99.6 Å². The van der Waals surface area contributed by atoms with E-state index < -0.39 is 0 Å². The zero-order valence-corrected chi connectivity index (χ0v) is 38.1. The lowest BCUT2D eigenvalue weighted by Crippen LogP contribution is -2.61. The van der Waals surface area contributed by atoms with Crippen molar-refractivity contribution in [1.29, 1.82) is 0 Å². The molecule has 11 rings (SSSR count). The van der Waals surface area contributed by atoms with Gasteiger partial charge in [0.2, 0.25) is 11.8 Å². The van der Waals surface area contributed by atoms with E-state index in [2.05, 4.69) is 154 Å². The number of ether oxygens (including phenoxy) is 4. The van der Waals surface area contributed by atoms with Crippen LogP contribution in [-0.4, -0.2) is 33.1 Å². The Labute approximate surface area is 364 Å². The van der Waals surface area contributed by atoms with Crippen LogP contribution < -0.4 is 45.1 Å². The van der Waals surface area contributed by atoms with Crippen LogP contribution in [0.3, 0.4) is 0 Å². The third kappa shape index (κ3) is 5.52. The third-order valence-electron chi connectivity index (χ3n) is 13.6. The first-order valence-corrected chi connectivity index (χ1v) is 22.2. The van der Waals surface area contributed by atoms with Gasteiger partial charge in [0.1, 0.15) is 37.6 Å². The van der Waals surface area contributed by atoms with Gasteiger partial charge >= 0.3 is 0 Å². The highest BCUT2D eigenvalue weighted by Crippen LogP contribution is 2.54. The van der Waals surface area contributed by atoms with Crippen LogP contribution in [0.4, 0.5) is 34.5 Å². The average molecular weight is 827 g/mol. The van der Waals surface area contributed by atoms with Gasteiger partial charge in [-0.1, -0.05) is 67.5 Å². The summed E-state index contributed by atoms with van der Waals surface area (Å²) in [6, 6.07) is 22.6. The van der Waals surface area contributed by atoms with Gasteiger partial charge in [0.05, 0.1) is 11.4 Å². The lowest BCUT2D eigenvalue weighted by molar-refractivity contribution is 0.170. The normalized spacial score (nSPS) is 15.4. The lowest BCUT2D eigenvalue weighted by atomic mass is 9.33. The van der Waals surface area contributed by atoms with E-state index in [4.69, 9.17) is 27.8 Å². The molecule has 0 saturated heterocycles. The highest BCUT2D eigenvalue weighted by atomic mass is 16.6. The zero-order valence-electron chi connectivity index (χ0n) is 38.1. The molecule has 0 radical (unpaired) electrons. The van der Waals surface area contributed by atoms with Crippen LogP contribution in [0.15, 0.2) is 69.5 Å². The molecule has 0 aliphatic carbocycles. The number of fused-ring (bicyclic) bond motifs is 10. The van der Waals surface area contributed by atoms with Gasteiger partial charge in [-0.2, -0.15) is 0 Å². The van der Waals surface area contributed by atoms with Gasteiger partial charge in [-0.15, -0.1) is 0 Å². The Morgan fingerprint density at radius 3 is 1.35 bits per heavy atom. The van der Waals surface area contributed by atoms with E-state index in [1.807, 2.05) is 0 Å². The molecule has 0 fully saturated rings. The van der Waals surface area contributed by atoms with Gasteiger partial charge in [-0.25, -0.2) is 0 Å². The third-order valence-corrected chi connectivity index (χ3v) is 13.6. The number of benzene rings is 5. The van der Waals surface area contributed by atoms with Crippen LogP contribution in [-0.2, 0) is 10.8 Å². The number of rotatable bonds is 3.